The van der Waals surface area contributed by atoms with E-state index in [-0.39, 0.29) is 5.41 Å². The molecule has 1 rings (SSSR count). The third-order valence-electron chi connectivity index (χ3n) is 2.36. The molecular weight excluding hydrogens is 168 g/mol. The normalized spacial score (nSPS) is 15.3. The minimum Gasteiger partial charge on any atom is -0.303 e. The molecule has 0 radical (unpaired) electrons. The number of rotatable bonds is 4. The first-order valence-electron chi connectivity index (χ1n) is 4.29. The van der Waals surface area contributed by atoms with E-state index in [9.17, 15) is 4.79 Å². The second-order valence-corrected chi connectivity index (χ2v) is 3.52. The van der Waals surface area contributed by atoms with E-state index in [0.29, 0.717) is 6.42 Å². The van der Waals surface area contributed by atoms with Crippen LogP contribution >= 0.6 is 0 Å². The Bertz CT molecular complexity index is 296. The van der Waals surface area contributed by atoms with E-state index in [1.54, 1.807) is 11.7 Å². The maximum absolute atomic E-state index is 10.8. The summed E-state index contributed by atoms with van der Waals surface area (Å²) in [5.41, 5.74) is -0.345. The van der Waals surface area contributed by atoms with Gasteiger partial charge in [-0.15, -0.1) is 5.10 Å². The van der Waals surface area contributed by atoms with Gasteiger partial charge in [-0.25, -0.2) is 4.68 Å². The maximum Gasteiger partial charge on any atom is 0.151 e. The summed E-state index contributed by atoms with van der Waals surface area (Å²) < 4.78 is 1.59. The number of carbonyl (C=O) groups excluding carboxylic acids is 1. The van der Waals surface area contributed by atoms with Gasteiger partial charge < -0.3 is 4.79 Å². The number of hydrogen-bond donors (Lipinski definition) is 0. The molecule has 1 atom stereocenters. The molecule has 72 valence electrons. The van der Waals surface area contributed by atoms with Crippen LogP contribution in [-0.4, -0.2) is 26.5 Å². The molecule has 0 amide bonds. The molecule has 0 N–H and O–H groups in total. The molecule has 5 nitrogen and oxygen atoms in total. The molecule has 0 aliphatic carbocycles. The SMILES string of the molecule is CCC(C)(C=O)Cc1nnnn1C. The first kappa shape index (κ1) is 9.83. The Kier molecular flexibility index (Phi) is 2.75. The van der Waals surface area contributed by atoms with Crippen molar-refractivity contribution in [2.45, 2.75) is 26.7 Å². The molecule has 0 spiro atoms. The number of aldehydes is 1. The predicted octanol–water partition coefficient (Wildman–Crippen LogP) is 0.368. The second-order valence-electron chi connectivity index (χ2n) is 3.52. The summed E-state index contributed by atoms with van der Waals surface area (Å²) in [6.07, 6.45) is 2.36. The summed E-state index contributed by atoms with van der Waals surface area (Å²) >= 11 is 0. The van der Waals surface area contributed by atoms with Crippen LogP contribution in [0.5, 0.6) is 0 Å². The fourth-order valence-corrected chi connectivity index (χ4v) is 1.01. The van der Waals surface area contributed by atoms with E-state index in [1.165, 1.54) is 0 Å². The Hall–Kier alpha value is -1.26. The standard InChI is InChI=1S/C8H14N4O/c1-4-8(2,6-13)5-7-9-10-11-12(7)3/h6H,4-5H2,1-3H3. The highest BCUT2D eigenvalue weighted by Crippen LogP contribution is 2.21. The minimum atomic E-state index is -0.345. The van der Waals surface area contributed by atoms with Crippen LogP contribution in [0.4, 0.5) is 0 Å². The van der Waals surface area contributed by atoms with Crippen molar-refractivity contribution in [1.29, 1.82) is 0 Å². The molecule has 1 aromatic rings. The van der Waals surface area contributed by atoms with Crippen LogP contribution in [0, 0.1) is 5.41 Å². The number of aromatic nitrogens is 4. The molecule has 0 saturated heterocycles. The summed E-state index contributed by atoms with van der Waals surface area (Å²) in [6, 6.07) is 0. The molecule has 0 aromatic carbocycles. The van der Waals surface area contributed by atoms with Gasteiger partial charge in [0.15, 0.2) is 5.82 Å². The third-order valence-corrected chi connectivity index (χ3v) is 2.36. The highest BCUT2D eigenvalue weighted by atomic mass is 16.1. The molecule has 0 bridgehead atoms. The van der Waals surface area contributed by atoms with E-state index in [1.807, 2.05) is 13.8 Å². The lowest BCUT2D eigenvalue weighted by atomic mass is 9.85. The molecule has 1 heterocycles. The van der Waals surface area contributed by atoms with Crippen LogP contribution < -0.4 is 0 Å². The molecule has 13 heavy (non-hydrogen) atoms. The number of aryl methyl sites for hydroxylation is 1. The van der Waals surface area contributed by atoms with Crippen molar-refractivity contribution in [2.75, 3.05) is 0 Å². The quantitative estimate of drug-likeness (QED) is 0.631. The van der Waals surface area contributed by atoms with E-state index in [2.05, 4.69) is 15.5 Å². The molecule has 1 aromatic heterocycles. The minimum absolute atomic E-state index is 0.345. The van der Waals surface area contributed by atoms with Crippen LogP contribution in [0.2, 0.25) is 0 Å². The smallest absolute Gasteiger partial charge is 0.151 e. The largest absolute Gasteiger partial charge is 0.303 e. The molecular formula is C8H14N4O. The molecule has 0 aliphatic rings. The van der Waals surface area contributed by atoms with Gasteiger partial charge in [0, 0.05) is 18.9 Å². The Labute approximate surface area is 77.1 Å². The monoisotopic (exact) mass is 182 g/mol. The third kappa shape index (κ3) is 2.11. The Morgan fingerprint density at radius 3 is 2.69 bits per heavy atom. The lowest BCUT2D eigenvalue weighted by molar-refractivity contribution is -0.115. The van der Waals surface area contributed by atoms with Crippen LogP contribution in [-0.2, 0) is 18.3 Å². The van der Waals surface area contributed by atoms with E-state index >= 15 is 0 Å². The van der Waals surface area contributed by atoms with Gasteiger partial charge in [0.2, 0.25) is 0 Å². The topological polar surface area (TPSA) is 60.7 Å². The van der Waals surface area contributed by atoms with Crippen LogP contribution in [0.15, 0.2) is 0 Å². The number of nitrogens with zero attached hydrogens (tertiary/aromatic N) is 4. The number of hydrogen-bond acceptors (Lipinski definition) is 4. The second kappa shape index (κ2) is 3.64. The van der Waals surface area contributed by atoms with Gasteiger partial charge in [-0.1, -0.05) is 13.8 Å². The summed E-state index contributed by atoms with van der Waals surface area (Å²) in [7, 11) is 1.77. The molecule has 1 unspecified atom stereocenters. The zero-order valence-electron chi connectivity index (χ0n) is 8.19. The zero-order valence-corrected chi connectivity index (χ0v) is 8.19. The van der Waals surface area contributed by atoms with Gasteiger partial charge in [-0.3, -0.25) is 0 Å². The van der Waals surface area contributed by atoms with E-state index < -0.39 is 0 Å². The van der Waals surface area contributed by atoms with Crippen molar-refractivity contribution in [1.82, 2.24) is 20.2 Å². The van der Waals surface area contributed by atoms with Crippen LogP contribution in [0.3, 0.4) is 0 Å². The summed E-state index contributed by atoms with van der Waals surface area (Å²) in [5, 5.41) is 11.1. The summed E-state index contributed by atoms with van der Waals surface area (Å²) in [6.45, 7) is 3.90. The number of tetrazole rings is 1. The summed E-state index contributed by atoms with van der Waals surface area (Å²) in [4.78, 5) is 10.8. The lowest BCUT2D eigenvalue weighted by Crippen LogP contribution is -2.22. The van der Waals surface area contributed by atoms with Gasteiger partial charge in [0.25, 0.3) is 0 Å². The van der Waals surface area contributed by atoms with Crippen molar-refractivity contribution in [2.24, 2.45) is 12.5 Å². The van der Waals surface area contributed by atoms with Gasteiger partial charge in [-0.2, -0.15) is 0 Å². The van der Waals surface area contributed by atoms with Gasteiger partial charge in [0.1, 0.15) is 6.29 Å². The van der Waals surface area contributed by atoms with Crippen molar-refractivity contribution in [3.8, 4) is 0 Å². The maximum atomic E-state index is 10.8. The first-order valence-corrected chi connectivity index (χ1v) is 4.29. The lowest BCUT2D eigenvalue weighted by Gasteiger charge is -2.18. The van der Waals surface area contributed by atoms with Crippen molar-refractivity contribution in [3.05, 3.63) is 5.82 Å². The van der Waals surface area contributed by atoms with Crippen molar-refractivity contribution < 1.29 is 4.79 Å². The Balaban J connectivity index is 2.78. The Morgan fingerprint density at radius 1 is 1.62 bits per heavy atom. The average molecular weight is 182 g/mol. The van der Waals surface area contributed by atoms with Crippen LogP contribution in [0.1, 0.15) is 26.1 Å². The zero-order chi connectivity index (χ0) is 9.90. The van der Waals surface area contributed by atoms with Crippen molar-refractivity contribution >= 4 is 6.29 Å². The molecule has 5 heteroatoms. The van der Waals surface area contributed by atoms with Gasteiger partial charge in [0.05, 0.1) is 0 Å². The first-order chi connectivity index (χ1) is 6.11. The highest BCUT2D eigenvalue weighted by Gasteiger charge is 2.24. The van der Waals surface area contributed by atoms with Crippen LogP contribution in [0.25, 0.3) is 0 Å². The molecule has 0 saturated carbocycles. The number of carbonyl (C=O) groups is 1. The predicted molar refractivity (Wildman–Crippen MR) is 47.0 cm³/mol. The van der Waals surface area contributed by atoms with Gasteiger partial charge >= 0.3 is 0 Å². The molecule has 0 aliphatic heterocycles. The van der Waals surface area contributed by atoms with E-state index in [4.69, 9.17) is 0 Å². The fraction of sp³-hybridized carbons (Fsp3) is 0.750. The highest BCUT2D eigenvalue weighted by molar-refractivity contribution is 5.58. The fourth-order valence-electron chi connectivity index (χ4n) is 1.01. The van der Waals surface area contributed by atoms with Gasteiger partial charge in [-0.05, 0) is 16.8 Å². The Morgan fingerprint density at radius 2 is 2.31 bits per heavy atom. The summed E-state index contributed by atoms with van der Waals surface area (Å²) in [5.74, 6) is 0.747. The van der Waals surface area contributed by atoms with E-state index in [0.717, 1.165) is 18.5 Å². The molecule has 0 fully saturated rings. The van der Waals surface area contributed by atoms with Crippen molar-refractivity contribution in [3.63, 3.8) is 0 Å². The average Bonchev–Trinajstić information content (AvgIpc) is 2.52.